The van der Waals surface area contributed by atoms with Crippen LogP contribution in [0.5, 0.6) is 0 Å². The number of aliphatic carboxylic acids is 1. The number of esters is 1. The van der Waals surface area contributed by atoms with Crippen molar-refractivity contribution in [3.05, 3.63) is 12.2 Å². The summed E-state index contributed by atoms with van der Waals surface area (Å²) in [7, 11) is 0. The summed E-state index contributed by atoms with van der Waals surface area (Å²) < 4.78 is 6.29. The van der Waals surface area contributed by atoms with Crippen molar-refractivity contribution in [2.24, 2.45) is 68.5 Å². The molecule has 6 rings (SSSR count). The summed E-state index contributed by atoms with van der Waals surface area (Å²) in [5.41, 5.74) is 1.63. The molecule has 0 aromatic heterocycles. The van der Waals surface area contributed by atoms with E-state index < -0.39 is 11.4 Å². The fourth-order valence-corrected chi connectivity index (χ4v) is 14.4. The maximum atomic E-state index is 13.2. The van der Waals surface area contributed by atoms with Gasteiger partial charge in [-0.1, -0.05) is 60.6 Å². The van der Waals surface area contributed by atoms with E-state index >= 15 is 0 Å². The first kappa shape index (κ1) is 37.4. The van der Waals surface area contributed by atoms with Gasteiger partial charge in [-0.05, 0) is 160 Å². The maximum Gasteiger partial charge on any atom is 0.306 e. The Labute approximate surface area is 299 Å². The highest BCUT2D eigenvalue weighted by Gasteiger charge is 2.69. The Morgan fingerprint density at radius 1 is 0.939 bits per heavy atom. The van der Waals surface area contributed by atoms with Crippen LogP contribution in [0.2, 0.25) is 0 Å². The van der Waals surface area contributed by atoms with Gasteiger partial charge >= 0.3 is 11.9 Å². The monoisotopic (exact) mass is 681 g/mol. The van der Waals surface area contributed by atoms with Crippen LogP contribution >= 0.6 is 0 Å². The van der Waals surface area contributed by atoms with Crippen molar-refractivity contribution < 1.29 is 19.4 Å². The van der Waals surface area contributed by atoms with Crippen molar-refractivity contribution in [3.8, 4) is 0 Å². The molecule has 1 heterocycles. The van der Waals surface area contributed by atoms with Gasteiger partial charge < -0.3 is 20.5 Å². The van der Waals surface area contributed by atoms with Crippen LogP contribution < -0.4 is 10.6 Å². The number of ether oxygens (including phenoxy) is 1. The van der Waals surface area contributed by atoms with Crippen molar-refractivity contribution in [2.45, 2.75) is 157 Å². The Balaban J connectivity index is 1.16. The second-order valence-corrected chi connectivity index (χ2v) is 20.4. The zero-order valence-electron chi connectivity index (χ0n) is 32.6. The lowest BCUT2D eigenvalue weighted by Crippen LogP contribution is -2.66. The topological polar surface area (TPSA) is 87.7 Å². The molecule has 6 nitrogen and oxygen atoms in total. The molecule has 12 atom stereocenters. The van der Waals surface area contributed by atoms with Crippen molar-refractivity contribution in [3.63, 3.8) is 0 Å². The summed E-state index contributed by atoms with van der Waals surface area (Å²) in [6, 6.07) is 0.668. The number of carboxylic acids is 1. The molecule has 3 N–H and O–H groups in total. The third-order valence-electron chi connectivity index (χ3n) is 16.9. The van der Waals surface area contributed by atoms with E-state index in [4.69, 9.17) is 4.74 Å². The predicted molar refractivity (Wildman–Crippen MR) is 198 cm³/mol. The van der Waals surface area contributed by atoms with Crippen LogP contribution in [0, 0.1) is 68.5 Å². The summed E-state index contributed by atoms with van der Waals surface area (Å²) in [6.45, 7) is 26.9. The van der Waals surface area contributed by atoms with Gasteiger partial charge in [0.25, 0.3) is 0 Å². The van der Waals surface area contributed by atoms with E-state index in [1.807, 2.05) is 13.8 Å². The van der Waals surface area contributed by atoms with Crippen LogP contribution in [-0.4, -0.2) is 48.8 Å². The second-order valence-electron chi connectivity index (χ2n) is 20.4. The first-order chi connectivity index (χ1) is 22.9. The average Bonchev–Trinajstić information content (AvgIpc) is 3.64. The Bertz CT molecular complexity index is 1250. The van der Waals surface area contributed by atoms with E-state index in [0.29, 0.717) is 34.6 Å². The molecule has 1 aliphatic heterocycles. The number of carbonyl (C=O) groups excluding carboxylic acids is 1. The van der Waals surface area contributed by atoms with E-state index in [-0.39, 0.29) is 35.7 Å². The van der Waals surface area contributed by atoms with E-state index in [0.717, 1.165) is 49.6 Å². The smallest absolute Gasteiger partial charge is 0.306 e. The fraction of sp³-hybridized carbons (Fsp3) is 0.907. The number of hydrogen-bond donors (Lipinski definition) is 3. The lowest BCUT2D eigenvalue weighted by atomic mass is 9.33. The molecule has 49 heavy (non-hydrogen) atoms. The fourth-order valence-electron chi connectivity index (χ4n) is 14.4. The molecule has 5 aliphatic carbocycles. The minimum atomic E-state index is -0.864. The van der Waals surface area contributed by atoms with Crippen molar-refractivity contribution in [1.82, 2.24) is 10.6 Å². The summed E-state index contributed by atoms with van der Waals surface area (Å²) in [5.74, 6) is 4.03. The molecule has 2 unspecified atom stereocenters. The van der Waals surface area contributed by atoms with Crippen LogP contribution in [-0.2, 0) is 14.3 Å². The van der Waals surface area contributed by atoms with Crippen LogP contribution in [0.4, 0.5) is 0 Å². The minimum Gasteiger partial charge on any atom is -0.481 e. The lowest BCUT2D eigenvalue weighted by Gasteiger charge is -2.72. The lowest BCUT2D eigenvalue weighted by molar-refractivity contribution is -0.245. The number of rotatable bonds is 11. The van der Waals surface area contributed by atoms with Crippen molar-refractivity contribution in [1.29, 1.82) is 0 Å². The molecular formula is C43H72N2O4. The van der Waals surface area contributed by atoms with Crippen LogP contribution in [0.15, 0.2) is 12.2 Å². The molecule has 1 saturated heterocycles. The summed E-state index contributed by atoms with van der Waals surface area (Å²) in [4.78, 5) is 24.6. The van der Waals surface area contributed by atoms with E-state index in [1.165, 1.54) is 76.3 Å². The largest absolute Gasteiger partial charge is 0.481 e. The molecule has 278 valence electrons. The summed E-state index contributed by atoms with van der Waals surface area (Å²) in [5, 5.41) is 16.8. The standard InChI is InChI=1S/C43H72N2O4/c1-27(2)31-23-28(17-22-44-26-29-11-10-21-45-29)30-14-19-42(8)32(38(30)31)12-13-34-41(7)18-16-35(40(5,6)33(41)15-20-43(34,42)9)49-37(48)25-39(3,4)24-36(46)47/h28-35,38,44-45H,1,10-26H2,2-9H3,(H,46,47)/t28-,29?,30?,31+,32-,33+,34-,35+,38-,41+,42-,43-/m1/s1. The first-order valence-electron chi connectivity index (χ1n) is 20.4. The molecule has 0 amide bonds. The van der Waals surface area contributed by atoms with E-state index in [1.54, 1.807) is 0 Å². The van der Waals surface area contributed by atoms with Crippen molar-refractivity contribution >= 4 is 11.9 Å². The molecule has 0 aromatic carbocycles. The third kappa shape index (κ3) is 6.59. The Morgan fingerprint density at radius 3 is 2.35 bits per heavy atom. The zero-order valence-corrected chi connectivity index (χ0v) is 32.6. The highest BCUT2D eigenvalue weighted by atomic mass is 16.5. The highest BCUT2D eigenvalue weighted by Crippen LogP contribution is 2.76. The van der Waals surface area contributed by atoms with Gasteiger partial charge in [-0.25, -0.2) is 0 Å². The Morgan fingerprint density at radius 2 is 1.67 bits per heavy atom. The molecule has 0 aromatic rings. The van der Waals surface area contributed by atoms with Gasteiger partial charge in [-0.2, -0.15) is 0 Å². The number of nitrogens with one attached hydrogen (secondary N) is 2. The molecule has 6 heteroatoms. The number of carbonyl (C=O) groups is 2. The van der Waals surface area contributed by atoms with Gasteiger partial charge in [0, 0.05) is 18.0 Å². The number of fused-ring (bicyclic) bond motifs is 7. The molecule has 5 saturated carbocycles. The van der Waals surface area contributed by atoms with Crippen LogP contribution in [0.25, 0.3) is 0 Å². The molecule has 0 bridgehead atoms. The van der Waals surface area contributed by atoms with Crippen LogP contribution in [0.1, 0.15) is 145 Å². The predicted octanol–water partition coefficient (Wildman–Crippen LogP) is 9.03. The van der Waals surface area contributed by atoms with Crippen molar-refractivity contribution in [2.75, 3.05) is 19.6 Å². The Kier molecular flexibility index (Phi) is 10.3. The summed E-state index contributed by atoms with van der Waals surface area (Å²) >= 11 is 0. The number of allylic oxidation sites excluding steroid dienone is 1. The molecule has 6 aliphatic rings. The van der Waals surface area contributed by atoms with Gasteiger partial charge in [0.15, 0.2) is 0 Å². The van der Waals surface area contributed by atoms with Crippen LogP contribution in [0.3, 0.4) is 0 Å². The average molecular weight is 681 g/mol. The molecular weight excluding hydrogens is 608 g/mol. The molecule has 6 fully saturated rings. The normalized spacial score (nSPS) is 44.3. The van der Waals surface area contributed by atoms with Gasteiger partial charge in [-0.15, -0.1) is 0 Å². The maximum absolute atomic E-state index is 13.2. The van der Waals surface area contributed by atoms with Gasteiger partial charge in [0.1, 0.15) is 6.10 Å². The third-order valence-corrected chi connectivity index (χ3v) is 16.9. The number of carboxylic acid groups (broad SMARTS) is 1. The summed E-state index contributed by atoms with van der Waals surface area (Å²) in [6.07, 6.45) is 15.3. The van der Waals surface area contributed by atoms with Gasteiger partial charge in [0.05, 0.1) is 12.8 Å². The first-order valence-corrected chi connectivity index (χ1v) is 20.4. The van der Waals surface area contributed by atoms with E-state index in [2.05, 4.69) is 58.8 Å². The van der Waals surface area contributed by atoms with Gasteiger partial charge in [0.2, 0.25) is 0 Å². The van der Waals surface area contributed by atoms with E-state index in [9.17, 15) is 14.7 Å². The minimum absolute atomic E-state index is 0.0260. The molecule has 0 spiro atoms. The highest BCUT2D eigenvalue weighted by molar-refractivity contribution is 5.73. The quantitative estimate of drug-likeness (QED) is 0.115. The zero-order chi connectivity index (χ0) is 35.6. The number of hydrogen-bond acceptors (Lipinski definition) is 5. The van der Waals surface area contributed by atoms with Gasteiger partial charge in [-0.3, -0.25) is 9.59 Å². The second kappa shape index (κ2) is 13.5. The molecule has 0 radical (unpaired) electrons. The SMILES string of the molecule is C=C(C)[C@@H]1C[C@@H](CCNCC2CCCN2)C2CC[C@]3(C)[C@H](CC[C@@H]4[C@@]5(C)CC[C@H](OC(=O)CC(C)(C)CC(=O)O)C(C)(C)[C@@H]5CC[C@]43C)[C@H]21. The Hall–Kier alpha value is -1.40.